The topological polar surface area (TPSA) is 49.9 Å². The molecule has 0 unspecified atom stereocenters. The Morgan fingerprint density at radius 3 is 2.07 bits per heavy atom. The van der Waals surface area contributed by atoms with Crippen LogP contribution in [0.15, 0.2) is 48.5 Å². The molecular formula is C23H28N2O3. The van der Waals surface area contributed by atoms with Gasteiger partial charge < -0.3 is 14.5 Å². The highest BCUT2D eigenvalue weighted by Crippen LogP contribution is 2.32. The number of hydrogen-bond donors (Lipinski definition) is 0. The third kappa shape index (κ3) is 4.53. The standard InChI is InChI=1S/C23H28N2O3/c1-17(26)28-19-11-9-18(10-12-19)22(27)25-15-13-24(14-16-25)21-8-6-5-7-20(21)23(2,3)4/h5-12H,13-16H2,1-4H3. The molecule has 3 rings (SSSR count). The molecule has 1 aliphatic rings. The predicted molar refractivity (Wildman–Crippen MR) is 111 cm³/mol. The zero-order chi connectivity index (χ0) is 20.3. The summed E-state index contributed by atoms with van der Waals surface area (Å²) in [5.74, 6) is 0.0940. The average molecular weight is 380 g/mol. The number of carbonyl (C=O) groups is 2. The van der Waals surface area contributed by atoms with Crippen molar-refractivity contribution in [3.8, 4) is 5.75 Å². The number of carbonyl (C=O) groups excluding carboxylic acids is 2. The van der Waals surface area contributed by atoms with Gasteiger partial charge in [-0.3, -0.25) is 9.59 Å². The Kier molecular flexibility index (Phi) is 5.73. The molecule has 2 aromatic rings. The number of nitrogens with zero attached hydrogens (tertiary/aromatic N) is 2. The van der Waals surface area contributed by atoms with Crippen molar-refractivity contribution in [1.82, 2.24) is 4.90 Å². The van der Waals surface area contributed by atoms with E-state index in [1.807, 2.05) is 4.90 Å². The lowest BCUT2D eigenvalue weighted by Gasteiger charge is -2.38. The fourth-order valence-electron chi connectivity index (χ4n) is 3.55. The highest BCUT2D eigenvalue weighted by Gasteiger charge is 2.26. The van der Waals surface area contributed by atoms with Crippen molar-refractivity contribution in [2.75, 3.05) is 31.1 Å². The van der Waals surface area contributed by atoms with E-state index in [4.69, 9.17) is 4.74 Å². The van der Waals surface area contributed by atoms with Crippen LogP contribution in [-0.2, 0) is 10.2 Å². The third-order valence-corrected chi connectivity index (χ3v) is 4.98. The van der Waals surface area contributed by atoms with Gasteiger partial charge in [0, 0.05) is 44.4 Å². The quantitative estimate of drug-likeness (QED) is 0.599. The second kappa shape index (κ2) is 8.05. The SMILES string of the molecule is CC(=O)Oc1ccc(C(=O)N2CCN(c3ccccc3C(C)(C)C)CC2)cc1. The van der Waals surface area contributed by atoms with Crippen LogP contribution in [0.5, 0.6) is 5.75 Å². The van der Waals surface area contributed by atoms with Crippen LogP contribution in [0.3, 0.4) is 0 Å². The number of benzene rings is 2. The highest BCUT2D eigenvalue weighted by atomic mass is 16.5. The van der Waals surface area contributed by atoms with Gasteiger partial charge in [-0.1, -0.05) is 39.0 Å². The first-order valence-corrected chi connectivity index (χ1v) is 9.68. The van der Waals surface area contributed by atoms with Crippen molar-refractivity contribution in [2.45, 2.75) is 33.1 Å². The molecular weight excluding hydrogens is 352 g/mol. The van der Waals surface area contributed by atoms with E-state index >= 15 is 0 Å². The summed E-state index contributed by atoms with van der Waals surface area (Å²) in [6.07, 6.45) is 0. The van der Waals surface area contributed by atoms with Crippen LogP contribution in [0.25, 0.3) is 0 Å². The summed E-state index contributed by atoms with van der Waals surface area (Å²) in [6, 6.07) is 15.3. The lowest BCUT2D eigenvalue weighted by Crippen LogP contribution is -2.49. The first kappa shape index (κ1) is 19.9. The van der Waals surface area contributed by atoms with Gasteiger partial charge in [-0.05, 0) is 41.3 Å². The summed E-state index contributed by atoms with van der Waals surface area (Å²) < 4.78 is 5.03. The van der Waals surface area contributed by atoms with Crippen LogP contribution >= 0.6 is 0 Å². The normalized spacial score (nSPS) is 14.7. The Balaban J connectivity index is 1.66. The van der Waals surface area contributed by atoms with E-state index in [1.165, 1.54) is 18.2 Å². The predicted octanol–water partition coefficient (Wildman–Crippen LogP) is 3.87. The third-order valence-electron chi connectivity index (χ3n) is 4.98. The molecule has 1 amide bonds. The minimum absolute atomic E-state index is 0.0122. The van der Waals surface area contributed by atoms with E-state index in [1.54, 1.807) is 24.3 Å². The fraction of sp³-hybridized carbons (Fsp3) is 0.391. The summed E-state index contributed by atoms with van der Waals surface area (Å²) in [7, 11) is 0. The molecule has 1 fully saturated rings. The van der Waals surface area contributed by atoms with Gasteiger partial charge in [0.25, 0.3) is 5.91 Å². The number of piperazine rings is 1. The first-order valence-electron chi connectivity index (χ1n) is 9.68. The van der Waals surface area contributed by atoms with Crippen molar-refractivity contribution in [2.24, 2.45) is 0 Å². The molecule has 0 radical (unpaired) electrons. The zero-order valence-electron chi connectivity index (χ0n) is 17.1. The van der Waals surface area contributed by atoms with Crippen molar-refractivity contribution >= 4 is 17.6 Å². The van der Waals surface area contributed by atoms with Crippen LogP contribution in [0.1, 0.15) is 43.6 Å². The van der Waals surface area contributed by atoms with Crippen LogP contribution in [0.4, 0.5) is 5.69 Å². The highest BCUT2D eigenvalue weighted by molar-refractivity contribution is 5.94. The maximum atomic E-state index is 12.8. The van der Waals surface area contributed by atoms with Crippen LogP contribution in [0, 0.1) is 0 Å². The lowest BCUT2D eigenvalue weighted by atomic mass is 9.85. The van der Waals surface area contributed by atoms with Crippen molar-refractivity contribution < 1.29 is 14.3 Å². The second-order valence-corrected chi connectivity index (χ2v) is 8.16. The molecule has 5 heteroatoms. The number of anilines is 1. The Morgan fingerprint density at radius 2 is 1.50 bits per heavy atom. The van der Waals surface area contributed by atoms with E-state index in [9.17, 15) is 9.59 Å². The summed E-state index contributed by atoms with van der Waals surface area (Å²) in [5, 5.41) is 0. The molecule has 0 aliphatic carbocycles. The molecule has 0 atom stereocenters. The molecule has 1 aliphatic heterocycles. The second-order valence-electron chi connectivity index (χ2n) is 8.16. The molecule has 148 valence electrons. The van der Waals surface area contributed by atoms with E-state index in [0.29, 0.717) is 24.4 Å². The number of rotatable bonds is 3. The van der Waals surface area contributed by atoms with E-state index < -0.39 is 0 Å². The number of esters is 1. The van der Waals surface area contributed by atoms with Gasteiger partial charge in [0.15, 0.2) is 0 Å². The molecule has 0 N–H and O–H groups in total. The molecule has 0 spiro atoms. The van der Waals surface area contributed by atoms with Gasteiger partial charge >= 0.3 is 5.97 Å². The van der Waals surface area contributed by atoms with Gasteiger partial charge in [-0.25, -0.2) is 0 Å². The van der Waals surface area contributed by atoms with Gasteiger partial charge in [-0.2, -0.15) is 0 Å². The van der Waals surface area contributed by atoms with Crippen LogP contribution in [0.2, 0.25) is 0 Å². The van der Waals surface area contributed by atoms with Gasteiger partial charge in [0.1, 0.15) is 5.75 Å². The minimum Gasteiger partial charge on any atom is -0.427 e. The Morgan fingerprint density at radius 1 is 0.893 bits per heavy atom. The smallest absolute Gasteiger partial charge is 0.308 e. The summed E-state index contributed by atoms with van der Waals surface area (Å²) >= 11 is 0. The number of ether oxygens (including phenoxy) is 1. The fourth-order valence-corrected chi connectivity index (χ4v) is 3.55. The number of amides is 1. The van der Waals surface area contributed by atoms with Gasteiger partial charge in [-0.15, -0.1) is 0 Å². The molecule has 1 saturated heterocycles. The van der Waals surface area contributed by atoms with Crippen molar-refractivity contribution in [3.05, 3.63) is 59.7 Å². The summed E-state index contributed by atoms with van der Waals surface area (Å²) in [6.45, 7) is 11.0. The molecule has 0 saturated carbocycles. The molecule has 0 bridgehead atoms. The number of para-hydroxylation sites is 1. The Labute approximate surface area is 166 Å². The Bertz CT molecular complexity index is 845. The van der Waals surface area contributed by atoms with Crippen LogP contribution < -0.4 is 9.64 Å². The molecule has 2 aromatic carbocycles. The zero-order valence-corrected chi connectivity index (χ0v) is 17.1. The molecule has 28 heavy (non-hydrogen) atoms. The lowest BCUT2D eigenvalue weighted by molar-refractivity contribution is -0.131. The average Bonchev–Trinajstić information content (AvgIpc) is 2.67. The van der Waals surface area contributed by atoms with E-state index in [-0.39, 0.29) is 17.3 Å². The van der Waals surface area contributed by atoms with Crippen molar-refractivity contribution in [1.29, 1.82) is 0 Å². The summed E-state index contributed by atoms with van der Waals surface area (Å²) in [4.78, 5) is 28.1. The largest absolute Gasteiger partial charge is 0.427 e. The monoisotopic (exact) mass is 380 g/mol. The number of hydrogen-bond acceptors (Lipinski definition) is 4. The minimum atomic E-state index is -0.370. The maximum Gasteiger partial charge on any atom is 0.308 e. The van der Waals surface area contributed by atoms with Gasteiger partial charge in [0.2, 0.25) is 0 Å². The van der Waals surface area contributed by atoms with E-state index in [2.05, 4.69) is 49.9 Å². The van der Waals surface area contributed by atoms with Crippen molar-refractivity contribution in [3.63, 3.8) is 0 Å². The van der Waals surface area contributed by atoms with Crippen LogP contribution in [-0.4, -0.2) is 43.0 Å². The molecule has 5 nitrogen and oxygen atoms in total. The van der Waals surface area contributed by atoms with Gasteiger partial charge in [0.05, 0.1) is 0 Å². The molecule has 0 aromatic heterocycles. The molecule has 1 heterocycles. The first-order chi connectivity index (χ1) is 13.3. The maximum absolute atomic E-state index is 12.8. The van der Waals surface area contributed by atoms with E-state index in [0.717, 1.165) is 13.1 Å². The summed E-state index contributed by atoms with van der Waals surface area (Å²) in [5.41, 5.74) is 3.27. The Hall–Kier alpha value is -2.82.